The van der Waals surface area contributed by atoms with Gasteiger partial charge in [-0.05, 0) is 51.0 Å². The minimum atomic E-state index is -0.597. The zero-order valence-electron chi connectivity index (χ0n) is 18.3. The number of H-pyrrole nitrogens is 1. The molecule has 1 amide bonds. The lowest BCUT2D eigenvalue weighted by Gasteiger charge is -2.24. The first-order chi connectivity index (χ1) is 14.8. The zero-order valence-corrected chi connectivity index (χ0v) is 18.3. The number of aromatic nitrogens is 1. The fraction of sp³-hybridized carbons (Fsp3) is 0.333. The zero-order chi connectivity index (χ0) is 22.4. The third kappa shape index (κ3) is 6.01. The van der Waals surface area contributed by atoms with E-state index in [1.807, 2.05) is 63.4 Å². The van der Waals surface area contributed by atoms with E-state index < -0.39 is 17.7 Å². The summed E-state index contributed by atoms with van der Waals surface area (Å²) in [4.78, 5) is 27.8. The quantitative estimate of drug-likeness (QED) is 0.487. The van der Waals surface area contributed by atoms with Crippen LogP contribution in [0.1, 0.15) is 36.7 Å². The van der Waals surface area contributed by atoms with Gasteiger partial charge in [0.05, 0.1) is 18.7 Å². The molecule has 0 saturated carbocycles. The van der Waals surface area contributed by atoms with Crippen LogP contribution in [0.25, 0.3) is 10.9 Å². The van der Waals surface area contributed by atoms with Gasteiger partial charge in [-0.1, -0.05) is 30.3 Å². The molecule has 7 heteroatoms. The van der Waals surface area contributed by atoms with Crippen LogP contribution in [0.4, 0.5) is 10.5 Å². The van der Waals surface area contributed by atoms with Crippen molar-refractivity contribution < 1.29 is 19.1 Å². The highest BCUT2D eigenvalue weighted by molar-refractivity contribution is 5.95. The molecule has 3 N–H and O–H groups in total. The molecule has 0 saturated heterocycles. The van der Waals surface area contributed by atoms with Crippen LogP contribution in [0.3, 0.4) is 0 Å². The fourth-order valence-corrected chi connectivity index (χ4v) is 3.37. The first-order valence-corrected chi connectivity index (χ1v) is 10.2. The molecule has 0 spiro atoms. The Bertz CT molecular complexity index is 1050. The summed E-state index contributed by atoms with van der Waals surface area (Å²) in [6.45, 7) is 5.87. The third-order valence-electron chi connectivity index (χ3n) is 4.73. The van der Waals surface area contributed by atoms with Crippen LogP contribution in [0.2, 0.25) is 0 Å². The van der Waals surface area contributed by atoms with Gasteiger partial charge in [-0.25, -0.2) is 9.59 Å². The molecule has 1 heterocycles. The Morgan fingerprint density at radius 2 is 1.77 bits per heavy atom. The number of carbonyl (C=O) groups is 2. The molecule has 0 aliphatic carbocycles. The summed E-state index contributed by atoms with van der Waals surface area (Å²) in [6.07, 6.45) is 2.05. The van der Waals surface area contributed by atoms with Crippen molar-refractivity contribution in [3.8, 4) is 0 Å². The highest BCUT2D eigenvalue weighted by Crippen LogP contribution is 2.21. The molecular formula is C24H29N3O4. The highest BCUT2D eigenvalue weighted by Gasteiger charge is 2.21. The smallest absolute Gasteiger partial charge is 0.407 e. The second-order valence-electron chi connectivity index (χ2n) is 8.32. The maximum absolute atomic E-state index is 12.5. The SMILES string of the molecule is COC(=O)c1ccccc1NC[C@H](Cc1c[nH]c2ccccc12)NC(=O)OC(C)(C)C. The average molecular weight is 424 g/mol. The normalized spacial score (nSPS) is 12.3. The number of nitrogens with one attached hydrogen (secondary N) is 3. The van der Waals surface area contributed by atoms with Gasteiger partial charge in [0.25, 0.3) is 0 Å². The van der Waals surface area contributed by atoms with E-state index in [0.717, 1.165) is 16.5 Å². The minimum absolute atomic E-state index is 0.278. The number of para-hydroxylation sites is 2. The number of esters is 1. The molecule has 0 bridgehead atoms. The van der Waals surface area contributed by atoms with Crippen LogP contribution in [-0.2, 0) is 15.9 Å². The van der Waals surface area contributed by atoms with Crippen molar-refractivity contribution in [1.29, 1.82) is 0 Å². The number of rotatable bonds is 7. The molecule has 31 heavy (non-hydrogen) atoms. The number of benzene rings is 2. The lowest BCUT2D eigenvalue weighted by molar-refractivity contribution is 0.0505. The predicted molar refractivity (Wildman–Crippen MR) is 121 cm³/mol. The molecular weight excluding hydrogens is 394 g/mol. The summed E-state index contributed by atoms with van der Waals surface area (Å²) in [5, 5.41) is 7.34. The standard InChI is InChI=1S/C24H29N3O4/c1-24(2,3)31-23(29)27-17(13-16-14-25-20-11-7-5-9-18(16)20)15-26-21-12-8-6-10-19(21)22(28)30-4/h5-12,14,17,25-26H,13,15H2,1-4H3,(H,27,29)/t17-/m0/s1. The number of carbonyl (C=O) groups excluding carboxylic acids is 2. The maximum atomic E-state index is 12.5. The number of anilines is 1. The van der Waals surface area contributed by atoms with Crippen LogP contribution >= 0.6 is 0 Å². The van der Waals surface area contributed by atoms with Crippen LogP contribution in [0, 0.1) is 0 Å². The molecule has 164 valence electrons. The van der Waals surface area contributed by atoms with Crippen molar-refractivity contribution in [3.63, 3.8) is 0 Å². The van der Waals surface area contributed by atoms with E-state index in [-0.39, 0.29) is 6.04 Å². The summed E-state index contributed by atoms with van der Waals surface area (Å²) in [6, 6.07) is 14.9. The van der Waals surface area contributed by atoms with Crippen LogP contribution in [0.5, 0.6) is 0 Å². The maximum Gasteiger partial charge on any atom is 0.407 e. The molecule has 1 aromatic heterocycles. The van der Waals surface area contributed by atoms with Gasteiger partial charge >= 0.3 is 12.1 Å². The summed E-state index contributed by atoms with van der Waals surface area (Å²) in [7, 11) is 1.35. The van der Waals surface area contributed by atoms with Crippen molar-refractivity contribution in [2.45, 2.75) is 38.8 Å². The summed E-state index contributed by atoms with van der Waals surface area (Å²) in [5.41, 5.74) is 2.61. The number of fused-ring (bicyclic) bond motifs is 1. The van der Waals surface area contributed by atoms with Crippen LogP contribution in [0.15, 0.2) is 54.7 Å². The van der Waals surface area contributed by atoms with Crippen molar-refractivity contribution >= 4 is 28.7 Å². The number of hydrogen-bond acceptors (Lipinski definition) is 5. The van der Waals surface area contributed by atoms with E-state index in [1.54, 1.807) is 12.1 Å². The molecule has 0 aliphatic heterocycles. The van der Waals surface area contributed by atoms with Crippen LogP contribution < -0.4 is 10.6 Å². The second-order valence-corrected chi connectivity index (χ2v) is 8.32. The Hall–Kier alpha value is -3.48. The van der Waals surface area contributed by atoms with Gasteiger partial charge in [0.15, 0.2) is 0 Å². The largest absolute Gasteiger partial charge is 0.465 e. The average Bonchev–Trinajstić information content (AvgIpc) is 3.13. The fourth-order valence-electron chi connectivity index (χ4n) is 3.37. The molecule has 3 rings (SSSR count). The Balaban J connectivity index is 1.79. The summed E-state index contributed by atoms with van der Waals surface area (Å²) < 4.78 is 10.3. The molecule has 3 aromatic rings. The second kappa shape index (κ2) is 9.55. The molecule has 0 aliphatic rings. The lowest BCUT2D eigenvalue weighted by atomic mass is 10.0. The van der Waals surface area contributed by atoms with E-state index in [2.05, 4.69) is 15.6 Å². The minimum Gasteiger partial charge on any atom is -0.465 e. The van der Waals surface area contributed by atoms with Gasteiger partial charge in [-0.3, -0.25) is 0 Å². The Morgan fingerprint density at radius 3 is 2.52 bits per heavy atom. The van der Waals surface area contributed by atoms with E-state index in [9.17, 15) is 9.59 Å². The number of hydrogen-bond donors (Lipinski definition) is 3. The number of alkyl carbamates (subject to hydrolysis) is 1. The number of aromatic amines is 1. The summed E-state index contributed by atoms with van der Waals surface area (Å²) in [5.74, 6) is -0.420. The van der Waals surface area contributed by atoms with Gasteiger partial charge in [0, 0.05) is 29.3 Å². The van der Waals surface area contributed by atoms with Crippen molar-refractivity contribution in [2.75, 3.05) is 19.0 Å². The highest BCUT2D eigenvalue weighted by atomic mass is 16.6. The van der Waals surface area contributed by atoms with Gasteiger partial charge in [-0.15, -0.1) is 0 Å². The van der Waals surface area contributed by atoms with E-state index >= 15 is 0 Å². The monoisotopic (exact) mass is 423 g/mol. The van der Waals surface area contributed by atoms with E-state index in [0.29, 0.717) is 24.2 Å². The van der Waals surface area contributed by atoms with Crippen molar-refractivity contribution in [1.82, 2.24) is 10.3 Å². The Morgan fingerprint density at radius 1 is 1.06 bits per heavy atom. The third-order valence-corrected chi connectivity index (χ3v) is 4.73. The number of amides is 1. The molecule has 0 radical (unpaired) electrons. The number of methoxy groups -OCH3 is 1. The Labute approximate surface area is 182 Å². The van der Waals surface area contributed by atoms with Crippen LogP contribution in [-0.4, -0.2) is 42.3 Å². The molecule has 7 nitrogen and oxygen atoms in total. The van der Waals surface area contributed by atoms with Gasteiger partial charge in [-0.2, -0.15) is 0 Å². The van der Waals surface area contributed by atoms with Crippen molar-refractivity contribution in [2.24, 2.45) is 0 Å². The first-order valence-electron chi connectivity index (χ1n) is 10.2. The molecule has 2 aromatic carbocycles. The number of ether oxygens (including phenoxy) is 2. The predicted octanol–water partition coefficient (Wildman–Crippen LogP) is 4.50. The molecule has 0 unspecified atom stereocenters. The lowest BCUT2D eigenvalue weighted by Crippen LogP contribution is -2.43. The molecule has 1 atom stereocenters. The van der Waals surface area contributed by atoms with Crippen molar-refractivity contribution in [3.05, 3.63) is 65.9 Å². The molecule has 0 fully saturated rings. The first kappa shape index (κ1) is 22.2. The topological polar surface area (TPSA) is 92.5 Å². The Kier molecular flexibility index (Phi) is 6.84. The van der Waals surface area contributed by atoms with E-state index in [1.165, 1.54) is 7.11 Å². The van der Waals surface area contributed by atoms with E-state index in [4.69, 9.17) is 9.47 Å². The summed E-state index contributed by atoms with van der Waals surface area (Å²) >= 11 is 0. The van der Waals surface area contributed by atoms with Gasteiger partial charge < -0.3 is 25.1 Å². The van der Waals surface area contributed by atoms with Gasteiger partial charge in [0.1, 0.15) is 5.60 Å². The van der Waals surface area contributed by atoms with Gasteiger partial charge in [0.2, 0.25) is 0 Å².